The highest BCUT2D eigenvalue weighted by atomic mass is 32.1. The van der Waals surface area contributed by atoms with E-state index in [1.54, 1.807) is 23.7 Å². The van der Waals surface area contributed by atoms with Crippen molar-refractivity contribution in [3.8, 4) is 0 Å². The van der Waals surface area contributed by atoms with Crippen LogP contribution in [0.5, 0.6) is 0 Å². The van der Waals surface area contributed by atoms with E-state index in [0.717, 1.165) is 42.7 Å². The fourth-order valence-corrected chi connectivity index (χ4v) is 4.24. The summed E-state index contributed by atoms with van der Waals surface area (Å²) in [4.78, 5) is 29.7. The number of thiazole rings is 1. The average Bonchev–Trinajstić information content (AvgIpc) is 3.22. The summed E-state index contributed by atoms with van der Waals surface area (Å²) in [6, 6.07) is 1.83. The van der Waals surface area contributed by atoms with E-state index in [9.17, 15) is 4.79 Å². The normalized spacial score (nSPS) is 24.1. The smallest absolute Gasteiger partial charge is 0.225 e. The largest absolute Gasteiger partial charge is 0.340 e. The molecule has 1 unspecified atom stereocenters. The van der Waals surface area contributed by atoms with E-state index in [1.165, 1.54) is 0 Å². The molecule has 1 atom stereocenters. The Morgan fingerprint density at radius 2 is 2.13 bits per heavy atom. The molecule has 6 nitrogen and oxygen atoms in total. The lowest BCUT2D eigenvalue weighted by atomic mass is 9.86. The van der Waals surface area contributed by atoms with Crippen LogP contribution in [0.1, 0.15) is 23.5 Å². The molecule has 2 aromatic rings. The van der Waals surface area contributed by atoms with Gasteiger partial charge in [-0.25, -0.2) is 15.0 Å². The van der Waals surface area contributed by atoms with Gasteiger partial charge in [0.1, 0.15) is 0 Å². The number of nitrogens with zero attached hydrogens (tertiary/aromatic N) is 5. The lowest BCUT2D eigenvalue weighted by Crippen LogP contribution is -2.31. The number of rotatable bonds is 3. The maximum atomic E-state index is 12.4. The van der Waals surface area contributed by atoms with Gasteiger partial charge in [-0.1, -0.05) is 0 Å². The van der Waals surface area contributed by atoms with Crippen LogP contribution in [0.15, 0.2) is 23.8 Å². The van der Waals surface area contributed by atoms with Gasteiger partial charge >= 0.3 is 0 Å². The van der Waals surface area contributed by atoms with Gasteiger partial charge < -0.3 is 9.80 Å². The molecule has 2 fully saturated rings. The first kappa shape index (κ1) is 14.6. The third-order valence-corrected chi connectivity index (χ3v) is 5.52. The first-order valence-electron chi connectivity index (χ1n) is 7.84. The number of hydrogen-bond acceptors (Lipinski definition) is 6. The van der Waals surface area contributed by atoms with E-state index in [1.807, 2.05) is 23.3 Å². The molecular formula is C16H19N5OS. The van der Waals surface area contributed by atoms with Crippen LogP contribution < -0.4 is 4.90 Å². The van der Waals surface area contributed by atoms with E-state index in [4.69, 9.17) is 0 Å². The molecule has 1 amide bonds. The summed E-state index contributed by atoms with van der Waals surface area (Å²) < 4.78 is 0. The maximum Gasteiger partial charge on any atom is 0.225 e. The van der Waals surface area contributed by atoms with Crippen LogP contribution in [-0.4, -0.2) is 45.4 Å². The van der Waals surface area contributed by atoms with Gasteiger partial charge in [-0.05, 0) is 19.4 Å². The first-order valence-corrected chi connectivity index (χ1v) is 8.72. The molecule has 0 bridgehead atoms. The van der Waals surface area contributed by atoms with Gasteiger partial charge in [0.15, 0.2) is 0 Å². The van der Waals surface area contributed by atoms with Crippen molar-refractivity contribution in [3.05, 3.63) is 34.5 Å². The molecule has 1 spiro atoms. The van der Waals surface area contributed by atoms with Gasteiger partial charge in [-0.3, -0.25) is 4.79 Å². The number of likely N-dealkylation sites (tertiary alicyclic amines) is 1. The minimum Gasteiger partial charge on any atom is -0.340 e. The van der Waals surface area contributed by atoms with Crippen molar-refractivity contribution in [3.63, 3.8) is 0 Å². The molecule has 4 heterocycles. The summed E-state index contributed by atoms with van der Waals surface area (Å²) >= 11 is 1.64. The molecule has 2 aliphatic rings. The lowest BCUT2D eigenvalue weighted by molar-refractivity contribution is -0.128. The number of anilines is 1. The molecule has 7 heteroatoms. The summed E-state index contributed by atoms with van der Waals surface area (Å²) in [5, 5.41) is 3.10. The fourth-order valence-electron chi connectivity index (χ4n) is 3.64. The SMILES string of the molecule is Cc1nc(CN2CC3(CCN(c4ncccn4)C3)CC2=O)cs1. The first-order chi connectivity index (χ1) is 11.1. The van der Waals surface area contributed by atoms with Crippen LogP contribution in [0, 0.1) is 12.3 Å². The van der Waals surface area contributed by atoms with Gasteiger partial charge in [0.25, 0.3) is 0 Å². The van der Waals surface area contributed by atoms with Crippen molar-refractivity contribution in [1.29, 1.82) is 0 Å². The highest BCUT2D eigenvalue weighted by Crippen LogP contribution is 2.41. The van der Waals surface area contributed by atoms with Crippen LogP contribution in [-0.2, 0) is 11.3 Å². The summed E-state index contributed by atoms with van der Waals surface area (Å²) in [7, 11) is 0. The Balaban J connectivity index is 1.46. The summed E-state index contributed by atoms with van der Waals surface area (Å²) in [6.45, 7) is 5.21. The Morgan fingerprint density at radius 1 is 1.30 bits per heavy atom. The molecule has 0 N–H and O–H groups in total. The second-order valence-corrected chi connectivity index (χ2v) is 7.57. The van der Waals surface area contributed by atoms with Crippen LogP contribution >= 0.6 is 11.3 Å². The lowest BCUT2D eigenvalue weighted by Gasteiger charge is -2.23. The summed E-state index contributed by atoms with van der Waals surface area (Å²) in [5.41, 5.74) is 1.04. The molecule has 120 valence electrons. The third kappa shape index (κ3) is 2.81. The second kappa shape index (κ2) is 5.56. The topological polar surface area (TPSA) is 62.2 Å². The Hall–Kier alpha value is -2.02. The van der Waals surface area contributed by atoms with Crippen molar-refractivity contribution in [2.45, 2.75) is 26.3 Å². The van der Waals surface area contributed by atoms with E-state index < -0.39 is 0 Å². The zero-order chi connectivity index (χ0) is 15.9. The van der Waals surface area contributed by atoms with Gasteiger partial charge in [0.05, 0.1) is 17.2 Å². The number of amides is 1. The van der Waals surface area contributed by atoms with Crippen molar-refractivity contribution >= 4 is 23.2 Å². The van der Waals surface area contributed by atoms with Crippen LogP contribution in [0.3, 0.4) is 0 Å². The van der Waals surface area contributed by atoms with Crippen molar-refractivity contribution in [1.82, 2.24) is 19.9 Å². The van der Waals surface area contributed by atoms with Gasteiger partial charge in [0.2, 0.25) is 11.9 Å². The monoisotopic (exact) mass is 329 g/mol. The van der Waals surface area contributed by atoms with Crippen molar-refractivity contribution in [2.24, 2.45) is 5.41 Å². The molecular weight excluding hydrogens is 310 g/mol. The Labute approximate surface area is 139 Å². The number of carbonyl (C=O) groups is 1. The number of carbonyl (C=O) groups excluding carboxylic acids is 1. The van der Waals surface area contributed by atoms with E-state index >= 15 is 0 Å². The van der Waals surface area contributed by atoms with Gasteiger partial charge in [-0.2, -0.15) is 0 Å². The molecule has 0 aliphatic carbocycles. The maximum absolute atomic E-state index is 12.4. The zero-order valence-electron chi connectivity index (χ0n) is 13.1. The quantitative estimate of drug-likeness (QED) is 0.860. The number of hydrogen-bond donors (Lipinski definition) is 0. The molecule has 0 saturated carbocycles. The Kier molecular flexibility index (Phi) is 3.52. The fraction of sp³-hybridized carbons (Fsp3) is 0.500. The Morgan fingerprint density at radius 3 is 2.87 bits per heavy atom. The van der Waals surface area contributed by atoms with Gasteiger partial charge in [-0.15, -0.1) is 11.3 Å². The molecule has 2 aromatic heterocycles. The molecule has 0 aromatic carbocycles. The minimum absolute atomic E-state index is 0.0430. The Bertz CT molecular complexity index is 718. The van der Waals surface area contributed by atoms with Crippen molar-refractivity contribution in [2.75, 3.05) is 24.5 Å². The average molecular weight is 329 g/mol. The predicted molar refractivity (Wildman–Crippen MR) is 88.2 cm³/mol. The van der Waals surface area contributed by atoms with Crippen LogP contribution in [0.2, 0.25) is 0 Å². The minimum atomic E-state index is 0.0430. The summed E-state index contributed by atoms with van der Waals surface area (Å²) in [6.07, 6.45) is 5.18. The van der Waals surface area contributed by atoms with E-state index in [0.29, 0.717) is 13.0 Å². The third-order valence-electron chi connectivity index (χ3n) is 4.70. The standard InChI is InChI=1S/C16H19N5OS/c1-12-19-13(9-23-12)8-21-11-16(7-14(21)22)3-6-20(10-16)15-17-4-2-5-18-15/h2,4-5,9H,3,6-8,10-11H2,1H3. The second-order valence-electron chi connectivity index (χ2n) is 6.50. The molecule has 2 saturated heterocycles. The van der Waals surface area contributed by atoms with Crippen molar-refractivity contribution < 1.29 is 4.79 Å². The van der Waals surface area contributed by atoms with E-state index in [-0.39, 0.29) is 11.3 Å². The van der Waals surface area contributed by atoms with Crippen LogP contribution in [0.25, 0.3) is 0 Å². The van der Waals surface area contributed by atoms with Gasteiger partial charge in [0, 0.05) is 49.2 Å². The van der Waals surface area contributed by atoms with Crippen LogP contribution in [0.4, 0.5) is 5.95 Å². The molecule has 4 rings (SSSR count). The molecule has 23 heavy (non-hydrogen) atoms. The predicted octanol–water partition coefficient (Wildman–Crippen LogP) is 1.87. The molecule has 2 aliphatic heterocycles. The zero-order valence-corrected chi connectivity index (χ0v) is 13.9. The highest BCUT2D eigenvalue weighted by molar-refractivity contribution is 7.09. The summed E-state index contributed by atoms with van der Waals surface area (Å²) in [5.74, 6) is 1.01. The number of aromatic nitrogens is 3. The number of aryl methyl sites for hydroxylation is 1. The molecule has 0 radical (unpaired) electrons. The van der Waals surface area contributed by atoms with E-state index in [2.05, 4.69) is 19.9 Å². The highest BCUT2D eigenvalue weighted by Gasteiger charge is 2.47.